The summed E-state index contributed by atoms with van der Waals surface area (Å²) in [5.74, 6) is 0.127. The first kappa shape index (κ1) is 16.6. The van der Waals surface area contributed by atoms with Crippen LogP contribution in [0.5, 0.6) is 17.2 Å². The summed E-state index contributed by atoms with van der Waals surface area (Å²) in [6.45, 7) is 0.168. The van der Waals surface area contributed by atoms with Crippen LogP contribution in [0.1, 0.15) is 15.9 Å². The number of hydrogen-bond donors (Lipinski definition) is 1. The van der Waals surface area contributed by atoms with Gasteiger partial charge < -0.3 is 19.5 Å². The maximum absolute atomic E-state index is 13.7. The van der Waals surface area contributed by atoms with Crippen LogP contribution < -0.4 is 19.5 Å². The summed E-state index contributed by atoms with van der Waals surface area (Å²) in [4.78, 5) is 12.4. The van der Waals surface area contributed by atoms with Crippen molar-refractivity contribution in [3.63, 3.8) is 0 Å². The number of hydrogen-bond acceptors (Lipinski definition) is 4. The number of rotatable bonds is 6. The molecular formula is C17H18FNO4. The quantitative estimate of drug-likeness (QED) is 0.889. The Morgan fingerprint density at radius 3 is 2.13 bits per heavy atom. The van der Waals surface area contributed by atoms with Crippen LogP contribution in [-0.2, 0) is 6.54 Å². The molecule has 5 nitrogen and oxygen atoms in total. The molecule has 0 spiro atoms. The van der Waals surface area contributed by atoms with Crippen molar-refractivity contribution in [2.75, 3.05) is 21.3 Å². The lowest BCUT2D eigenvalue weighted by Gasteiger charge is -2.13. The second-order valence-corrected chi connectivity index (χ2v) is 4.69. The minimum atomic E-state index is -0.478. The summed E-state index contributed by atoms with van der Waals surface area (Å²) in [6, 6.07) is 9.59. The van der Waals surface area contributed by atoms with Crippen LogP contribution in [0, 0.1) is 5.82 Å². The average molecular weight is 319 g/mol. The van der Waals surface area contributed by atoms with E-state index < -0.39 is 5.82 Å². The molecule has 0 aromatic heterocycles. The van der Waals surface area contributed by atoms with Gasteiger partial charge in [0, 0.05) is 6.54 Å². The highest BCUT2D eigenvalue weighted by Crippen LogP contribution is 2.28. The Kier molecular flexibility index (Phi) is 5.41. The minimum Gasteiger partial charge on any atom is -0.496 e. The normalized spacial score (nSPS) is 10.1. The van der Waals surface area contributed by atoms with Crippen molar-refractivity contribution >= 4 is 5.91 Å². The first-order valence-corrected chi connectivity index (χ1v) is 6.92. The molecule has 0 unspecified atom stereocenters. The Balaban J connectivity index is 2.15. The maximum atomic E-state index is 13.7. The first-order chi connectivity index (χ1) is 11.1. The second-order valence-electron chi connectivity index (χ2n) is 4.69. The molecular weight excluding hydrogens is 301 g/mol. The number of benzene rings is 2. The number of ether oxygens (including phenoxy) is 3. The van der Waals surface area contributed by atoms with Crippen LogP contribution in [0.15, 0.2) is 36.4 Å². The number of halogens is 1. The van der Waals surface area contributed by atoms with Crippen molar-refractivity contribution in [1.82, 2.24) is 5.32 Å². The summed E-state index contributed by atoms with van der Waals surface area (Å²) < 4.78 is 28.9. The molecule has 0 heterocycles. The minimum absolute atomic E-state index is 0.159. The van der Waals surface area contributed by atoms with Gasteiger partial charge in [-0.05, 0) is 29.8 Å². The molecule has 122 valence electrons. The van der Waals surface area contributed by atoms with E-state index >= 15 is 0 Å². The van der Waals surface area contributed by atoms with Gasteiger partial charge in [0.1, 0.15) is 17.1 Å². The summed E-state index contributed by atoms with van der Waals surface area (Å²) in [5, 5.41) is 2.72. The van der Waals surface area contributed by atoms with E-state index in [-0.39, 0.29) is 18.2 Å². The van der Waals surface area contributed by atoms with Crippen molar-refractivity contribution in [1.29, 1.82) is 0 Å². The number of methoxy groups -OCH3 is 3. The fraction of sp³-hybridized carbons (Fsp3) is 0.235. The van der Waals surface area contributed by atoms with Gasteiger partial charge in [-0.3, -0.25) is 4.79 Å². The van der Waals surface area contributed by atoms with Crippen LogP contribution in [0.2, 0.25) is 0 Å². The van der Waals surface area contributed by atoms with E-state index in [1.54, 1.807) is 24.3 Å². The van der Waals surface area contributed by atoms with E-state index in [2.05, 4.69) is 5.32 Å². The van der Waals surface area contributed by atoms with Gasteiger partial charge >= 0.3 is 0 Å². The number of nitrogens with one attached hydrogen (secondary N) is 1. The molecule has 23 heavy (non-hydrogen) atoms. The van der Waals surface area contributed by atoms with E-state index in [0.29, 0.717) is 22.6 Å². The predicted octanol–water partition coefficient (Wildman–Crippen LogP) is 2.78. The zero-order valence-electron chi connectivity index (χ0n) is 13.2. The maximum Gasteiger partial charge on any atom is 0.259 e. The van der Waals surface area contributed by atoms with Gasteiger partial charge in [0.15, 0.2) is 11.6 Å². The summed E-state index contributed by atoms with van der Waals surface area (Å²) in [5.41, 5.74) is 0.914. The number of amides is 1. The van der Waals surface area contributed by atoms with E-state index in [4.69, 9.17) is 14.2 Å². The average Bonchev–Trinajstić information content (AvgIpc) is 2.58. The predicted molar refractivity (Wildman–Crippen MR) is 83.7 cm³/mol. The molecule has 0 atom stereocenters. The van der Waals surface area contributed by atoms with Gasteiger partial charge in [-0.1, -0.05) is 12.1 Å². The van der Waals surface area contributed by atoms with E-state index in [0.717, 1.165) is 0 Å². The lowest BCUT2D eigenvalue weighted by molar-refractivity contribution is 0.0944. The molecule has 1 N–H and O–H groups in total. The molecule has 1 amide bonds. The van der Waals surface area contributed by atoms with Crippen LogP contribution >= 0.6 is 0 Å². The molecule has 0 bridgehead atoms. The molecule has 0 aliphatic carbocycles. The number of carbonyl (C=O) groups excluding carboxylic acids is 1. The molecule has 6 heteroatoms. The molecule has 0 saturated heterocycles. The van der Waals surface area contributed by atoms with Crippen LogP contribution in [0.3, 0.4) is 0 Å². The Morgan fingerprint density at radius 2 is 1.61 bits per heavy atom. The zero-order valence-corrected chi connectivity index (χ0v) is 13.2. The van der Waals surface area contributed by atoms with Crippen molar-refractivity contribution < 1.29 is 23.4 Å². The van der Waals surface area contributed by atoms with Gasteiger partial charge in [0.25, 0.3) is 5.91 Å². The third-order valence-electron chi connectivity index (χ3n) is 3.32. The molecule has 0 saturated carbocycles. The first-order valence-electron chi connectivity index (χ1n) is 6.92. The highest BCUT2D eigenvalue weighted by molar-refractivity contribution is 5.99. The standard InChI is InChI=1S/C17H18FNO4/c1-21-13-8-7-11(9-12(13)18)10-19-17(20)16-14(22-2)5-4-6-15(16)23-3/h4-9H,10H2,1-3H3,(H,19,20). The molecule has 0 aliphatic rings. The van der Waals surface area contributed by atoms with Crippen LogP contribution in [-0.4, -0.2) is 27.2 Å². The highest BCUT2D eigenvalue weighted by Gasteiger charge is 2.18. The molecule has 2 aromatic carbocycles. The summed E-state index contributed by atoms with van der Waals surface area (Å²) >= 11 is 0. The molecule has 2 aromatic rings. The van der Waals surface area contributed by atoms with Crippen molar-refractivity contribution in [3.8, 4) is 17.2 Å². The van der Waals surface area contributed by atoms with Gasteiger partial charge in [0.05, 0.1) is 21.3 Å². The van der Waals surface area contributed by atoms with Crippen molar-refractivity contribution in [3.05, 3.63) is 53.3 Å². The van der Waals surface area contributed by atoms with Gasteiger partial charge in [0.2, 0.25) is 0 Å². The Bertz CT molecular complexity index is 681. The zero-order chi connectivity index (χ0) is 16.8. The Morgan fingerprint density at radius 1 is 1.00 bits per heavy atom. The van der Waals surface area contributed by atoms with E-state index in [1.807, 2.05) is 0 Å². The SMILES string of the molecule is COc1ccc(CNC(=O)c2c(OC)cccc2OC)cc1F. The molecule has 2 rings (SSSR count). The van der Waals surface area contributed by atoms with E-state index in [1.165, 1.54) is 33.5 Å². The molecule has 0 radical (unpaired) electrons. The summed E-state index contributed by atoms with van der Waals surface area (Å²) in [7, 11) is 4.35. The van der Waals surface area contributed by atoms with Crippen molar-refractivity contribution in [2.24, 2.45) is 0 Å². The lowest BCUT2D eigenvalue weighted by Crippen LogP contribution is -2.24. The Hall–Kier alpha value is -2.76. The Labute approximate surface area is 134 Å². The van der Waals surface area contributed by atoms with Crippen LogP contribution in [0.25, 0.3) is 0 Å². The third-order valence-corrected chi connectivity index (χ3v) is 3.32. The highest BCUT2D eigenvalue weighted by atomic mass is 19.1. The van der Waals surface area contributed by atoms with Gasteiger partial charge in [-0.15, -0.1) is 0 Å². The number of carbonyl (C=O) groups is 1. The second kappa shape index (κ2) is 7.49. The summed E-state index contributed by atoms with van der Waals surface area (Å²) in [6.07, 6.45) is 0. The fourth-order valence-corrected chi connectivity index (χ4v) is 2.17. The monoisotopic (exact) mass is 319 g/mol. The lowest BCUT2D eigenvalue weighted by atomic mass is 10.1. The smallest absolute Gasteiger partial charge is 0.259 e. The van der Waals surface area contributed by atoms with Crippen LogP contribution in [0.4, 0.5) is 4.39 Å². The topological polar surface area (TPSA) is 56.8 Å². The fourth-order valence-electron chi connectivity index (χ4n) is 2.17. The molecule has 0 fully saturated rings. The molecule has 0 aliphatic heterocycles. The van der Waals surface area contributed by atoms with E-state index in [9.17, 15) is 9.18 Å². The van der Waals surface area contributed by atoms with Gasteiger partial charge in [-0.25, -0.2) is 4.39 Å². The van der Waals surface area contributed by atoms with Crippen molar-refractivity contribution in [2.45, 2.75) is 6.54 Å². The largest absolute Gasteiger partial charge is 0.496 e. The van der Waals surface area contributed by atoms with Gasteiger partial charge in [-0.2, -0.15) is 0 Å². The third kappa shape index (κ3) is 3.71.